The standard InChI is InChI=1S/C29H47ClO4/c1-2-3-4-5-6-7-8-9-10-11-12-13-14-15-23-33-28(31)20-17-21-29(32)34-24-22-26-18-16-19-27(30)25-26/h16,18-19,25H,2-15,17,20-24H2,1H3. The third-order valence-electron chi connectivity index (χ3n) is 6.07. The van der Waals surface area contributed by atoms with Crippen LogP contribution >= 0.6 is 11.6 Å². The maximum absolute atomic E-state index is 11.8. The molecule has 34 heavy (non-hydrogen) atoms. The third-order valence-corrected chi connectivity index (χ3v) is 6.30. The van der Waals surface area contributed by atoms with Gasteiger partial charge in [-0.05, 0) is 30.5 Å². The molecule has 1 aromatic rings. The Morgan fingerprint density at radius 1 is 0.676 bits per heavy atom. The van der Waals surface area contributed by atoms with Crippen molar-refractivity contribution in [3.8, 4) is 0 Å². The molecule has 0 aliphatic carbocycles. The van der Waals surface area contributed by atoms with E-state index in [4.69, 9.17) is 21.1 Å². The molecule has 0 N–H and O–H groups in total. The van der Waals surface area contributed by atoms with Gasteiger partial charge in [-0.3, -0.25) is 9.59 Å². The number of esters is 2. The first-order valence-corrected chi connectivity index (χ1v) is 14.0. The number of hydrogen-bond acceptors (Lipinski definition) is 4. The summed E-state index contributed by atoms with van der Waals surface area (Å²) in [5.41, 5.74) is 1.03. The Labute approximate surface area is 213 Å². The summed E-state index contributed by atoms with van der Waals surface area (Å²) in [5.74, 6) is -0.497. The van der Waals surface area contributed by atoms with Crippen molar-refractivity contribution in [2.24, 2.45) is 0 Å². The number of rotatable bonds is 22. The Balaban J connectivity index is 1.82. The number of benzene rings is 1. The lowest BCUT2D eigenvalue weighted by Crippen LogP contribution is -2.10. The van der Waals surface area contributed by atoms with Gasteiger partial charge in [-0.2, -0.15) is 0 Å². The lowest BCUT2D eigenvalue weighted by molar-refractivity contribution is -0.145. The van der Waals surface area contributed by atoms with Gasteiger partial charge in [0, 0.05) is 24.3 Å². The molecule has 0 spiro atoms. The van der Waals surface area contributed by atoms with Crippen molar-refractivity contribution in [1.29, 1.82) is 0 Å². The summed E-state index contributed by atoms with van der Waals surface area (Å²) in [6.45, 7) is 3.08. The smallest absolute Gasteiger partial charge is 0.305 e. The maximum atomic E-state index is 11.8. The topological polar surface area (TPSA) is 52.6 Å². The van der Waals surface area contributed by atoms with Crippen molar-refractivity contribution < 1.29 is 19.1 Å². The van der Waals surface area contributed by atoms with Crippen LogP contribution in [0, 0.1) is 0 Å². The average molecular weight is 495 g/mol. The molecule has 0 aromatic heterocycles. The number of halogens is 1. The first-order valence-electron chi connectivity index (χ1n) is 13.7. The van der Waals surface area contributed by atoms with Crippen LogP contribution in [-0.2, 0) is 25.5 Å². The first kappa shape index (κ1) is 30.5. The van der Waals surface area contributed by atoms with E-state index in [9.17, 15) is 9.59 Å². The molecule has 0 heterocycles. The lowest BCUT2D eigenvalue weighted by atomic mass is 10.0. The first-order chi connectivity index (χ1) is 16.6. The minimum Gasteiger partial charge on any atom is -0.466 e. The third kappa shape index (κ3) is 18.8. The van der Waals surface area contributed by atoms with Crippen molar-refractivity contribution in [3.05, 3.63) is 34.9 Å². The SMILES string of the molecule is CCCCCCCCCCCCCCCCOC(=O)CCCC(=O)OCCc1cccc(Cl)c1. The van der Waals surface area contributed by atoms with Gasteiger partial charge in [0.05, 0.1) is 13.2 Å². The minimum atomic E-state index is -0.276. The second-order valence-corrected chi connectivity index (χ2v) is 9.71. The van der Waals surface area contributed by atoms with E-state index >= 15 is 0 Å². The summed E-state index contributed by atoms with van der Waals surface area (Å²) in [7, 11) is 0. The van der Waals surface area contributed by atoms with E-state index in [2.05, 4.69) is 6.92 Å². The van der Waals surface area contributed by atoms with Gasteiger partial charge in [-0.1, -0.05) is 114 Å². The Bertz CT molecular complexity index is 647. The molecule has 194 valence electrons. The molecule has 1 rings (SSSR count). The molecule has 0 aliphatic heterocycles. The zero-order valence-corrected chi connectivity index (χ0v) is 22.2. The molecule has 0 fully saturated rings. The van der Waals surface area contributed by atoms with Crippen LogP contribution < -0.4 is 0 Å². The summed E-state index contributed by atoms with van der Waals surface area (Å²) in [5, 5.41) is 0.677. The maximum Gasteiger partial charge on any atom is 0.305 e. The molecule has 0 saturated carbocycles. The van der Waals surface area contributed by atoms with E-state index in [-0.39, 0.29) is 24.8 Å². The fourth-order valence-electron chi connectivity index (χ4n) is 3.98. The van der Waals surface area contributed by atoms with Crippen LogP contribution in [-0.4, -0.2) is 25.2 Å². The number of carbonyl (C=O) groups excluding carboxylic acids is 2. The van der Waals surface area contributed by atoms with Crippen LogP contribution in [0.2, 0.25) is 5.02 Å². The fraction of sp³-hybridized carbons (Fsp3) is 0.724. The molecule has 0 amide bonds. The van der Waals surface area contributed by atoms with Gasteiger partial charge in [0.15, 0.2) is 0 Å². The monoisotopic (exact) mass is 494 g/mol. The summed E-state index contributed by atoms with van der Waals surface area (Å²) in [6, 6.07) is 7.51. The van der Waals surface area contributed by atoms with Crippen molar-refractivity contribution in [2.45, 2.75) is 122 Å². The van der Waals surface area contributed by atoms with Crippen molar-refractivity contribution in [2.75, 3.05) is 13.2 Å². The molecule has 1 aromatic carbocycles. The summed E-state index contributed by atoms with van der Waals surface area (Å²) < 4.78 is 10.5. The summed E-state index contributed by atoms with van der Waals surface area (Å²) >= 11 is 5.94. The molecular weight excluding hydrogens is 448 g/mol. The Morgan fingerprint density at radius 2 is 1.18 bits per heavy atom. The Kier molecular flexibility index (Phi) is 19.7. The van der Waals surface area contributed by atoms with Gasteiger partial charge >= 0.3 is 11.9 Å². The van der Waals surface area contributed by atoms with E-state index in [0.717, 1.165) is 18.4 Å². The zero-order chi connectivity index (χ0) is 24.7. The van der Waals surface area contributed by atoms with Gasteiger partial charge < -0.3 is 9.47 Å². The number of ether oxygens (including phenoxy) is 2. The molecule has 0 bridgehead atoms. The van der Waals surface area contributed by atoms with Gasteiger partial charge in [-0.15, -0.1) is 0 Å². The van der Waals surface area contributed by atoms with Gasteiger partial charge in [-0.25, -0.2) is 0 Å². The summed E-state index contributed by atoms with van der Waals surface area (Å²) in [6.07, 6.45) is 19.9. The Morgan fingerprint density at radius 3 is 1.71 bits per heavy atom. The molecule has 5 heteroatoms. The average Bonchev–Trinajstić information content (AvgIpc) is 2.81. The molecular formula is C29H47ClO4. The molecule has 4 nitrogen and oxygen atoms in total. The highest BCUT2D eigenvalue weighted by molar-refractivity contribution is 6.30. The van der Waals surface area contributed by atoms with Gasteiger partial charge in [0.1, 0.15) is 0 Å². The van der Waals surface area contributed by atoms with Crippen molar-refractivity contribution in [1.82, 2.24) is 0 Å². The number of unbranched alkanes of at least 4 members (excludes halogenated alkanes) is 13. The molecule has 0 radical (unpaired) electrons. The lowest BCUT2D eigenvalue weighted by Gasteiger charge is -2.06. The predicted molar refractivity (Wildman–Crippen MR) is 141 cm³/mol. The highest BCUT2D eigenvalue weighted by Gasteiger charge is 2.07. The van der Waals surface area contributed by atoms with Crippen LogP contribution in [0.4, 0.5) is 0 Å². The predicted octanol–water partition coefficient (Wildman–Crippen LogP) is 8.62. The van der Waals surface area contributed by atoms with Crippen LogP contribution in [0.3, 0.4) is 0 Å². The quantitative estimate of drug-likeness (QED) is 0.119. The number of hydrogen-bond donors (Lipinski definition) is 0. The normalized spacial score (nSPS) is 10.9. The minimum absolute atomic E-state index is 0.221. The highest BCUT2D eigenvalue weighted by atomic mass is 35.5. The van der Waals surface area contributed by atoms with Crippen LogP contribution in [0.25, 0.3) is 0 Å². The van der Waals surface area contributed by atoms with Crippen LogP contribution in [0.15, 0.2) is 24.3 Å². The molecule has 0 saturated heterocycles. The Hall–Kier alpha value is -1.55. The van der Waals surface area contributed by atoms with E-state index in [0.29, 0.717) is 31.1 Å². The van der Waals surface area contributed by atoms with Crippen LogP contribution in [0.5, 0.6) is 0 Å². The van der Waals surface area contributed by atoms with E-state index in [1.165, 1.54) is 77.0 Å². The number of carbonyl (C=O) groups is 2. The van der Waals surface area contributed by atoms with Crippen molar-refractivity contribution >= 4 is 23.5 Å². The summed E-state index contributed by atoms with van der Waals surface area (Å²) in [4.78, 5) is 23.6. The molecule has 0 aliphatic rings. The van der Waals surface area contributed by atoms with Crippen LogP contribution in [0.1, 0.15) is 122 Å². The van der Waals surface area contributed by atoms with Crippen molar-refractivity contribution in [3.63, 3.8) is 0 Å². The van der Waals surface area contributed by atoms with Gasteiger partial charge in [0.25, 0.3) is 0 Å². The molecule has 0 unspecified atom stereocenters. The second-order valence-electron chi connectivity index (χ2n) is 9.27. The van der Waals surface area contributed by atoms with E-state index < -0.39 is 0 Å². The highest BCUT2D eigenvalue weighted by Crippen LogP contribution is 2.13. The zero-order valence-electron chi connectivity index (χ0n) is 21.5. The van der Waals surface area contributed by atoms with E-state index in [1.54, 1.807) is 0 Å². The second kappa shape index (κ2) is 21.9. The van der Waals surface area contributed by atoms with Gasteiger partial charge in [0.2, 0.25) is 0 Å². The largest absolute Gasteiger partial charge is 0.466 e. The van der Waals surface area contributed by atoms with E-state index in [1.807, 2.05) is 24.3 Å². The fourth-order valence-corrected chi connectivity index (χ4v) is 4.19. The molecule has 0 atom stereocenters.